The van der Waals surface area contributed by atoms with E-state index in [2.05, 4.69) is 12.1 Å². The summed E-state index contributed by atoms with van der Waals surface area (Å²) >= 11 is 0. The van der Waals surface area contributed by atoms with Crippen LogP contribution in [0.1, 0.15) is 23.7 Å². The van der Waals surface area contributed by atoms with Crippen LogP contribution in [-0.4, -0.2) is 19.3 Å². The molecule has 1 aliphatic rings. The van der Waals surface area contributed by atoms with Crippen LogP contribution in [0.2, 0.25) is 0 Å². The Hall–Kier alpha value is -1.78. The van der Waals surface area contributed by atoms with Gasteiger partial charge >= 0.3 is 7.12 Å². The van der Waals surface area contributed by atoms with Gasteiger partial charge in [0.1, 0.15) is 5.75 Å². The van der Waals surface area contributed by atoms with E-state index in [9.17, 15) is 5.02 Å². The molecule has 4 heteroatoms. The van der Waals surface area contributed by atoms with Gasteiger partial charge in [-0.25, -0.2) is 0 Å². The fourth-order valence-corrected chi connectivity index (χ4v) is 2.75. The molecule has 3 rings (SSSR count). The molecule has 0 radical (unpaired) electrons. The van der Waals surface area contributed by atoms with E-state index in [0.29, 0.717) is 5.75 Å². The Morgan fingerprint density at radius 1 is 1.15 bits per heavy atom. The van der Waals surface area contributed by atoms with Gasteiger partial charge in [0.05, 0.1) is 13.2 Å². The maximum Gasteiger partial charge on any atom is 0.495 e. The predicted octanol–water partition coefficient (Wildman–Crippen LogP) is 2.09. The van der Waals surface area contributed by atoms with E-state index < -0.39 is 7.12 Å². The highest BCUT2D eigenvalue weighted by atomic mass is 16.5. The van der Waals surface area contributed by atoms with Crippen LogP contribution in [-0.2, 0) is 11.1 Å². The third-order valence-electron chi connectivity index (χ3n) is 3.74. The second kappa shape index (κ2) is 5.69. The van der Waals surface area contributed by atoms with Gasteiger partial charge in [-0.2, -0.15) is 0 Å². The topological polar surface area (TPSA) is 38.7 Å². The van der Waals surface area contributed by atoms with Crippen molar-refractivity contribution in [3.05, 3.63) is 59.7 Å². The first-order chi connectivity index (χ1) is 9.79. The number of benzene rings is 2. The highest BCUT2D eigenvalue weighted by Crippen LogP contribution is 2.30. The predicted molar refractivity (Wildman–Crippen MR) is 79.2 cm³/mol. The molecule has 1 heterocycles. The highest BCUT2D eigenvalue weighted by Gasteiger charge is 2.37. The van der Waals surface area contributed by atoms with Crippen molar-refractivity contribution in [1.29, 1.82) is 0 Å². The minimum absolute atomic E-state index is 0.0738. The molecule has 20 heavy (non-hydrogen) atoms. The van der Waals surface area contributed by atoms with Crippen LogP contribution in [0.4, 0.5) is 0 Å². The number of hydrogen-bond donors (Lipinski definition) is 1. The fourth-order valence-electron chi connectivity index (χ4n) is 2.75. The molecule has 2 aromatic carbocycles. The average molecular weight is 268 g/mol. The number of ether oxygens (including phenoxy) is 1. The lowest BCUT2D eigenvalue weighted by molar-refractivity contribution is 0.181. The normalized spacial score (nSPS) is 17.1. The van der Waals surface area contributed by atoms with Crippen LogP contribution in [0.3, 0.4) is 0 Å². The highest BCUT2D eigenvalue weighted by molar-refractivity contribution is 6.62. The van der Waals surface area contributed by atoms with E-state index in [4.69, 9.17) is 9.39 Å². The van der Waals surface area contributed by atoms with Crippen LogP contribution < -0.4 is 10.2 Å². The van der Waals surface area contributed by atoms with E-state index in [1.54, 1.807) is 7.11 Å². The van der Waals surface area contributed by atoms with E-state index in [1.807, 2.05) is 36.4 Å². The van der Waals surface area contributed by atoms with E-state index in [0.717, 1.165) is 23.9 Å². The molecular formula is C16H17BO3. The molecule has 0 aromatic heterocycles. The molecule has 3 nitrogen and oxygen atoms in total. The summed E-state index contributed by atoms with van der Waals surface area (Å²) in [6, 6.07) is 16.1. The van der Waals surface area contributed by atoms with Crippen molar-refractivity contribution in [2.24, 2.45) is 0 Å². The van der Waals surface area contributed by atoms with Gasteiger partial charge in [0.15, 0.2) is 0 Å². The van der Waals surface area contributed by atoms with Crippen LogP contribution in [0.25, 0.3) is 0 Å². The average Bonchev–Trinajstić information content (AvgIpc) is 2.83. The maximum absolute atomic E-state index is 10.1. The van der Waals surface area contributed by atoms with Crippen LogP contribution in [0.15, 0.2) is 48.5 Å². The molecule has 0 saturated carbocycles. The van der Waals surface area contributed by atoms with Gasteiger partial charge in [-0.1, -0.05) is 42.5 Å². The lowest BCUT2D eigenvalue weighted by Gasteiger charge is -2.12. The summed E-state index contributed by atoms with van der Waals surface area (Å²) in [5.74, 6) is 0.692. The van der Waals surface area contributed by atoms with Gasteiger partial charge in [-0.3, -0.25) is 0 Å². The Labute approximate surface area is 119 Å². The van der Waals surface area contributed by atoms with Crippen molar-refractivity contribution in [2.75, 3.05) is 7.11 Å². The summed E-state index contributed by atoms with van der Waals surface area (Å²) in [5.41, 5.74) is 3.09. The Morgan fingerprint density at radius 2 is 1.95 bits per heavy atom. The maximum atomic E-state index is 10.1. The van der Waals surface area contributed by atoms with E-state index in [1.165, 1.54) is 5.56 Å². The van der Waals surface area contributed by atoms with Crippen molar-refractivity contribution in [3.63, 3.8) is 0 Å². The summed E-state index contributed by atoms with van der Waals surface area (Å²) < 4.78 is 11.0. The Morgan fingerprint density at radius 3 is 2.70 bits per heavy atom. The zero-order valence-electron chi connectivity index (χ0n) is 11.5. The molecule has 0 bridgehead atoms. The van der Waals surface area contributed by atoms with Gasteiger partial charge in [0, 0.05) is 5.46 Å². The molecule has 1 atom stereocenters. The minimum Gasteiger partial charge on any atom is -0.497 e. The minimum atomic E-state index is -0.887. The molecule has 2 aromatic rings. The first kappa shape index (κ1) is 13.2. The Kier molecular flexibility index (Phi) is 3.76. The molecule has 0 fully saturated rings. The molecule has 0 aliphatic carbocycles. The molecule has 1 aliphatic heterocycles. The van der Waals surface area contributed by atoms with Gasteiger partial charge in [-0.05, 0) is 30.0 Å². The smallest absolute Gasteiger partial charge is 0.495 e. The standard InChI is InChI=1S/C16H17BO3/c1-19-15-9-5-8-13-14(20-17(18)16(13)15)11-10-12-6-3-2-4-7-12/h2-9,14,18H,10-11H2,1H3. The van der Waals surface area contributed by atoms with Crippen molar-refractivity contribution < 1.29 is 14.4 Å². The number of hydrogen-bond acceptors (Lipinski definition) is 3. The van der Waals surface area contributed by atoms with Crippen molar-refractivity contribution >= 4 is 12.6 Å². The second-order valence-corrected chi connectivity index (χ2v) is 4.96. The molecule has 0 amide bonds. The third-order valence-corrected chi connectivity index (χ3v) is 3.74. The van der Waals surface area contributed by atoms with Gasteiger partial charge in [0.25, 0.3) is 0 Å². The molecule has 0 saturated heterocycles. The lowest BCUT2D eigenvalue weighted by Crippen LogP contribution is -2.29. The first-order valence-electron chi connectivity index (χ1n) is 6.84. The van der Waals surface area contributed by atoms with Crippen molar-refractivity contribution in [3.8, 4) is 5.75 Å². The number of fused-ring (bicyclic) bond motifs is 1. The largest absolute Gasteiger partial charge is 0.497 e. The monoisotopic (exact) mass is 268 g/mol. The Bertz CT molecular complexity index is 586. The number of rotatable bonds is 4. The molecule has 0 spiro atoms. The van der Waals surface area contributed by atoms with Gasteiger partial charge < -0.3 is 14.4 Å². The SMILES string of the molecule is COc1cccc2c1B(O)OC2CCc1ccccc1. The van der Waals surface area contributed by atoms with Crippen LogP contribution in [0, 0.1) is 0 Å². The first-order valence-corrected chi connectivity index (χ1v) is 6.84. The second-order valence-electron chi connectivity index (χ2n) is 4.96. The van der Waals surface area contributed by atoms with Crippen molar-refractivity contribution in [2.45, 2.75) is 18.9 Å². The zero-order chi connectivity index (χ0) is 13.9. The quantitative estimate of drug-likeness (QED) is 0.863. The van der Waals surface area contributed by atoms with Crippen LogP contribution in [0.5, 0.6) is 5.75 Å². The summed E-state index contributed by atoms with van der Waals surface area (Å²) in [4.78, 5) is 0. The number of aryl methyl sites for hydroxylation is 1. The van der Waals surface area contributed by atoms with Gasteiger partial charge in [-0.15, -0.1) is 0 Å². The Balaban J connectivity index is 1.78. The summed E-state index contributed by atoms with van der Waals surface area (Å²) in [6.45, 7) is 0. The van der Waals surface area contributed by atoms with E-state index in [-0.39, 0.29) is 6.10 Å². The van der Waals surface area contributed by atoms with Crippen molar-refractivity contribution in [1.82, 2.24) is 0 Å². The summed E-state index contributed by atoms with van der Waals surface area (Å²) in [5, 5.41) is 10.1. The summed E-state index contributed by atoms with van der Waals surface area (Å²) in [6.07, 6.45) is 1.70. The zero-order valence-corrected chi connectivity index (χ0v) is 11.5. The fraction of sp³-hybridized carbons (Fsp3) is 0.250. The lowest BCUT2D eigenvalue weighted by atomic mass is 9.78. The third kappa shape index (κ3) is 2.44. The van der Waals surface area contributed by atoms with Crippen LogP contribution >= 0.6 is 0 Å². The number of methoxy groups -OCH3 is 1. The van der Waals surface area contributed by atoms with Gasteiger partial charge in [0.2, 0.25) is 0 Å². The molecule has 102 valence electrons. The summed E-state index contributed by atoms with van der Waals surface area (Å²) in [7, 11) is 0.724. The molecular weight excluding hydrogens is 251 g/mol. The molecule has 1 N–H and O–H groups in total. The van der Waals surface area contributed by atoms with E-state index >= 15 is 0 Å². The molecule has 1 unspecified atom stereocenters.